The van der Waals surface area contributed by atoms with Gasteiger partial charge in [-0.25, -0.2) is 4.98 Å². The van der Waals surface area contributed by atoms with E-state index in [0.717, 1.165) is 8.58 Å². The van der Waals surface area contributed by atoms with E-state index < -0.39 is 69.5 Å². The average Bonchev–Trinajstić information content (AvgIpc) is 3.53. The number of hydrogen-bond donors (Lipinski definition) is 2. The summed E-state index contributed by atoms with van der Waals surface area (Å²) in [7, 11) is 1.36. The molecule has 8 rings (SSSR count). The fraction of sp³-hybridized carbons (Fsp3) is 0.256. The zero-order valence-electron chi connectivity index (χ0n) is 28.5. The number of carbonyl (C=O) groups is 4. The summed E-state index contributed by atoms with van der Waals surface area (Å²) >= 11 is 14.7. The van der Waals surface area contributed by atoms with E-state index in [-0.39, 0.29) is 36.1 Å². The molecule has 2 saturated heterocycles. The molecule has 3 aromatic carbocycles. The van der Waals surface area contributed by atoms with Crippen LogP contribution in [-0.4, -0.2) is 45.8 Å². The first kappa shape index (κ1) is 37.3. The lowest BCUT2D eigenvalue weighted by Gasteiger charge is -2.50. The van der Waals surface area contributed by atoms with Gasteiger partial charge in [0.25, 0.3) is 11.8 Å². The van der Waals surface area contributed by atoms with Gasteiger partial charge in [0, 0.05) is 20.7 Å². The number of rotatable bonds is 6. The largest absolute Gasteiger partial charge is 0.504 e. The summed E-state index contributed by atoms with van der Waals surface area (Å²) in [4.78, 5) is 63.6. The molecule has 10 nitrogen and oxygen atoms in total. The molecule has 3 heterocycles. The minimum absolute atomic E-state index is 0.0438. The number of ether oxygens (including phenoxy) is 1. The molecule has 16 heteroatoms. The highest BCUT2D eigenvalue weighted by Crippen LogP contribution is 2.64. The van der Waals surface area contributed by atoms with Gasteiger partial charge in [0.1, 0.15) is 0 Å². The second-order valence-electron chi connectivity index (χ2n) is 13.8. The lowest BCUT2D eigenvalue weighted by atomic mass is 9.49. The summed E-state index contributed by atoms with van der Waals surface area (Å²) in [5.74, 6) is -7.29. The number of carbonyl (C=O) groups excluding carboxylic acids is 4. The number of fused-ring (bicyclic) bond motifs is 4. The topological polar surface area (TPSA) is 129 Å². The van der Waals surface area contributed by atoms with Crippen LogP contribution in [0.5, 0.6) is 11.5 Å². The predicted molar refractivity (Wildman–Crippen MR) is 203 cm³/mol. The highest BCUT2D eigenvalue weighted by molar-refractivity contribution is 14.1. The third-order valence-electron chi connectivity index (χ3n) is 11.2. The summed E-state index contributed by atoms with van der Waals surface area (Å²) in [6.07, 6.45) is -2.22. The zero-order chi connectivity index (χ0) is 39.1. The number of pyridine rings is 1. The van der Waals surface area contributed by atoms with E-state index in [4.69, 9.17) is 27.9 Å². The van der Waals surface area contributed by atoms with E-state index in [2.05, 4.69) is 33.0 Å². The number of hydrazine groups is 1. The molecule has 0 radical (unpaired) electrons. The summed E-state index contributed by atoms with van der Waals surface area (Å²) < 4.78 is 46.8. The van der Waals surface area contributed by atoms with Gasteiger partial charge in [-0.3, -0.25) is 29.5 Å². The molecule has 3 fully saturated rings. The highest BCUT2D eigenvalue weighted by Gasteiger charge is 2.70. The summed E-state index contributed by atoms with van der Waals surface area (Å²) in [5, 5.41) is 11.2. The lowest BCUT2D eigenvalue weighted by molar-refractivity contribution is -0.139. The van der Waals surface area contributed by atoms with Crippen molar-refractivity contribution >= 4 is 80.9 Å². The maximum Gasteiger partial charge on any atom is 0.417 e. The van der Waals surface area contributed by atoms with E-state index in [0.29, 0.717) is 39.7 Å². The Morgan fingerprint density at radius 3 is 2.31 bits per heavy atom. The van der Waals surface area contributed by atoms with Gasteiger partial charge in [-0.15, -0.1) is 0 Å². The normalized spacial score (nSPS) is 26.1. The summed E-state index contributed by atoms with van der Waals surface area (Å²) in [5.41, 5.74) is 1.65. The Kier molecular flexibility index (Phi) is 9.16. The van der Waals surface area contributed by atoms with Crippen molar-refractivity contribution in [2.75, 3.05) is 17.4 Å². The van der Waals surface area contributed by atoms with Crippen molar-refractivity contribution in [2.24, 2.45) is 23.7 Å². The molecule has 1 aromatic heterocycles. The van der Waals surface area contributed by atoms with Crippen LogP contribution in [0.2, 0.25) is 10.0 Å². The van der Waals surface area contributed by atoms with Crippen LogP contribution in [0.15, 0.2) is 90.6 Å². The first-order chi connectivity index (χ1) is 26.2. The van der Waals surface area contributed by atoms with Crippen LogP contribution in [-0.2, 0) is 30.8 Å². The van der Waals surface area contributed by atoms with E-state index in [9.17, 15) is 32.7 Å². The number of aromatic nitrogens is 1. The number of allylic oxidation sites excluding steroid dienone is 2. The molecule has 2 aliphatic carbocycles. The molecule has 4 aromatic rings. The lowest BCUT2D eigenvalue weighted by Crippen LogP contribution is -2.53. The van der Waals surface area contributed by atoms with Crippen LogP contribution in [0.3, 0.4) is 0 Å². The summed E-state index contributed by atoms with van der Waals surface area (Å²) in [6.45, 7) is 0. The second-order valence-corrected chi connectivity index (χ2v) is 15.9. The monoisotopic (exact) mass is 902 g/mol. The SMILES string of the molecule is COc1cc([C@H]2C3=CC[C@@H]4C(=O)N(c5ccc(I)cc5)C(=O)[C@@H]4[C@@H]3C[C@H]3C(=O)N(Nc4ncc(C(F)(F)F)cc4Cl)C(=O)[C@@]23c2ccc(Cl)cc2)ccc1O. The number of imide groups is 2. The molecule has 4 aliphatic rings. The molecule has 2 N–H and O–H groups in total. The number of nitrogens with one attached hydrogen (secondary N) is 1. The number of phenols is 1. The van der Waals surface area contributed by atoms with Gasteiger partial charge in [-0.1, -0.05) is 53.1 Å². The second kappa shape index (κ2) is 13.5. The molecule has 55 heavy (non-hydrogen) atoms. The van der Waals surface area contributed by atoms with Crippen molar-refractivity contribution in [3.8, 4) is 11.5 Å². The number of alkyl halides is 3. The Hall–Kier alpha value is -4.67. The number of hydrogen-bond acceptors (Lipinski definition) is 8. The van der Waals surface area contributed by atoms with Gasteiger partial charge in [-0.2, -0.15) is 18.2 Å². The van der Waals surface area contributed by atoms with Crippen LogP contribution in [0.1, 0.15) is 35.4 Å². The third kappa shape index (κ3) is 5.77. The smallest absolute Gasteiger partial charge is 0.417 e. The highest BCUT2D eigenvalue weighted by atomic mass is 127. The number of benzene rings is 3. The maximum atomic E-state index is 15.3. The Morgan fingerprint density at radius 1 is 0.945 bits per heavy atom. The Morgan fingerprint density at radius 2 is 1.65 bits per heavy atom. The number of phenolic OH excluding ortho intramolecular Hbond substituents is 1. The molecular formula is C39H28Cl2F3IN4O6. The van der Waals surface area contributed by atoms with Gasteiger partial charge in [0.15, 0.2) is 17.3 Å². The van der Waals surface area contributed by atoms with Crippen LogP contribution in [0, 0.1) is 27.2 Å². The Bertz CT molecular complexity index is 2330. The Balaban J connectivity index is 1.32. The van der Waals surface area contributed by atoms with Gasteiger partial charge in [0.05, 0.1) is 46.6 Å². The third-order valence-corrected chi connectivity index (χ3v) is 12.4. The first-order valence-corrected chi connectivity index (χ1v) is 18.8. The van der Waals surface area contributed by atoms with Gasteiger partial charge in [-0.05, 0) is 107 Å². The zero-order valence-corrected chi connectivity index (χ0v) is 32.2. The number of amides is 4. The fourth-order valence-corrected chi connectivity index (χ4v) is 9.57. The molecule has 0 bridgehead atoms. The molecule has 282 valence electrons. The predicted octanol–water partition coefficient (Wildman–Crippen LogP) is 7.92. The average molecular weight is 903 g/mol. The number of anilines is 2. The van der Waals surface area contributed by atoms with E-state index >= 15 is 4.79 Å². The quantitative estimate of drug-likeness (QED) is 0.114. The molecule has 1 saturated carbocycles. The first-order valence-electron chi connectivity index (χ1n) is 17.0. The van der Waals surface area contributed by atoms with Crippen LogP contribution in [0.4, 0.5) is 24.7 Å². The fourth-order valence-electron chi connectivity index (χ4n) is 8.88. The van der Waals surface area contributed by atoms with Crippen molar-refractivity contribution in [2.45, 2.75) is 30.4 Å². The van der Waals surface area contributed by atoms with Crippen molar-refractivity contribution in [3.63, 3.8) is 0 Å². The number of nitrogens with zero attached hydrogens (tertiary/aromatic N) is 3. The standard InChI is InChI=1S/C39H28Cl2F3IN4O6/c1-55-30-14-18(2-13-29(30)50)32-24-11-12-25-31(36(53)48(34(25)51)23-9-7-22(45)8-10-23)26(24)16-27-35(52)49(37(54)38(27,32)19-3-5-21(40)6-4-19)47-33-28(41)15-20(17-46-33)39(42,43)44/h2-11,13-15,17,25-27,31-32,50H,12,16H2,1H3,(H,46,47)/t25-,26+,27-,31-,32-,38+/m0/s1. The number of aromatic hydroxyl groups is 1. The van der Waals surface area contributed by atoms with Gasteiger partial charge >= 0.3 is 6.18 Å². The summed E-state index contributed by atoms with van der Waals surface area (Å²) in [6, 6.07) is 18.6. The molecule has 4 amide bonds. The maximum absolute atomic E-state index is 15.3. The molecule has 6 atom stereocenters. The molecule has 0 unspecified atom stereocenters. The van der Waals surface area contributed by atoms with Crippen molar-refractivity contribution in [3.05, 3.63) is 121 Å². The van der Waals surface area contributed by atoms with E-state index in [1.807, 2.05) is 6.08 Å². The van der Waals surface area contributed by atoms with Gasteiger partial charge in [0.2, 0.25) is 11.8 Å². The van der Waals surface area contributed by atoms with Crippen LogP contribution >= 0.6 is 45.8 Å². The molecule has 0 spiro atoms. The number of halogens is 6. The van der Waals surface area contributed by atoms with Crippen molar-refractivity contribution in [1.82, 2.24) is 9.99 Å². The molecule has 2 aliphatic heterocycles. The van der Waals surface area contributed by atoms with Crippen molar-refractivity contribution < 1.29 is 42.2 Å². The van der Waals surface area contributed by atoms with Crippen molar-refractivity contribution in [1.29, 1.82) is 0 Å². The minimum atomic E-state index is -4.75. The Labute approximate surface area is 335 Å². The number of methoxy groups -OCH3 is 1. The molecular weight excluding hydrogens is 875 g/mol. The van der Waals surface area contributed by atoms with E-state index in [1.54, 1.807) is 60.7 Å². The van der Waals surface area contributed by atoms with Crippen LogP contribution < -0.4 is 15.1 Å². The minimum Gasteiger partial charge on any atom is -0.504 e. The van der Waals surface area contributed by atoms with Gasteiger partial charge < -0.3 is 9.84 Å². The van der Waals surface area contributed by atoms with E-state index in [1.165, 1.54) is 18.1 Å². The van der Waals surface area contributed by atoms with Crippen LogP contribution in [0.25, 0.3) is 0 Å².